The number of nitrogens with zero attached hydrogens (tertiary/aromatic N) is 5. The van der Waals surface area contributed by atoms with E-state index < -0.39 is 5.97 Å². The first-order chi connectivity index (χ1) is 13.5. The average molecular weight is 412 g/mol. The van der Waals surface area contributed by atoms with Gasteiger partial charge in [-0.2, -0.15) is 0 Å². The summed E-state index contributed by atoms with van der Waals surface area (Å²) >= 11 is 1.21. The minimum Gasteiger partial charge on any atom is -0.479 e. The Labute approximate surface area is 166 Å². The number of esters is 1. The van der Waals surface area contributed by atoms with Crippen molar-refractivity contribution in [1.82, 2.24) is 29.9 Å². The van der Waals surface area contributed by atoms with Crippen molar-refractivity contribution in [2.24, 2.45) is 7.05 Å². The van der Waals surface area contributed by atoms with Gasteiger partial charge in [-0.25, -0.2) is 0 Å². The number of aryl methyl sites for hydroxylation is 1. The second kappa shape index (κ2) is 10.7. The number of hydrogen-bond donors (Lipinski definition) is 1. The van der Waals surface area contributed by atoms with Crippen molar-refractivity contribution in [3.8, 4) is 17.3 Å². The van der Waals surface area contributed by atoms with Crippen molar-refractivity contribution in [1.29, 1.82) is 0 Å². The first-order valence-electron chi connectivity index (χ1n) is 8.55. The maximum absolute atomic E-state index is 12.0. The molecular weight excluding hydrogens is 388 g/mol. The van der Waals surface area contributed by atoms with E-state index in [1.807, 2.05) is 4.57 Å². The van der Waals surface area contributed by atoms with Crippen LogP contribution in [0.5, 0.6) is 5.88 Å². The van der Waals surface area contributed by atoms with Crippen LogP contribution in [-0.4, -0.2) is 76.2 Å². The maximum Gasteiger partial charge on any atom is 0.325 e. The number of ether oxygens (including phenoxy) is 3. The molecule has 0 aliphatic carbocycles. The van der Waals surface area contributed by atoms with Gasteiger partial charge in [0.25, 0.3) is 0 Å². The quantitative estimate of drug-likeness (QED) is 0.404. The zero-order valence-corrected chi connectivity index (χ0v) is 17.1. The van der Waals surface area contributed by atoms with Crippen LogP contribution >= 0.6 is 11.8 Å². The highest BCUT2D eigenvalue weighted by molar-refractivity contribution is 7.99. The molecule has 0 aliphatic heterocycles. The Hall–Kier alpha value is -2.60. The molecule has 2 rings (SSSR count). The molecule has 1 N–H and O–H groups in total. The van der Waals surface area contributed by atoms with Crippen LogP contribution in [0.25, 0.3) is 11.4 Å². The van der Waals surface area contributed by atoms with Gasteiger partial charge >= 0.3 is 5.97 Å². The second-order valence-corrected chi connectivity index (χ2v) is 6.49. The van der Waals surface area contributed by atoms with Crippen molar-refractivity contribution in [3.05, 3.63) is 6.20 Å². The van der Waals surface area contributed by atoms with Crippen LogP contribution in [0, 0.1) is 0 Å². The summed E-state index contributed by atoms with van der Waals surface area (Å²) in [6.07, 6.45) is 1.78. The predicted molar refractivity (Wildman–Crippen MR) is 101 cm³/mol. The molecule has 0 saturated carbocycles. The Morgan fingerprint density at radius 3 is 2.75 bits per heavy atom. The van der Waals surface area contributed by atoms with E-state index in [9.17, 15) is 9.59 Å². The summed E-state index contributed by atoms with van der Waals surface area (Å²) in [6, 6.07) is 0. The molecule has 0 atom stereocenters. The van der Waals surface area contributed by atoms with Crippen LogP contribution in [-0.2, 0) is 32.7 Å². The molecule has 0 bridgehead atoms. The third-order valence-corrected chi connectivity index (χ3v) is 4.50. The van der Waals surface area contributed by atoms with Crippen LogP contribution in [0.1, 0.15) is 6.92 Å². The van der Waals surface area contributed by atoms with Crippen LogP contribution < -0.4 is 10.1 Å². The van der Waals surface area contributed by atoms with E-state index in [4.69, 9.17) is 14.2 Å². The van der Waals surface area contributed by atoms with E-state index in [0.717, 1.165) is 0 Å². The summed E-state index contributed by atoms with van der Waals surface area (Å²) in [4.78, 5) is 23.3. The van der Waals surface area contributed by atoms with E-state index in [1.165, 1.54) is 18.9 Å². The second-order valence-electron chi connectivity index (χ2n) is 5.55. The summed E-state index contributed by atoms with van der Waals surface area (Å²) in [5.41, 5.74) is 0.687. The highest BCUT2D eigenvalue weighted by Crippen LogP contribution is 2.29. The minimum absolute atomic E-state index is 0.0781. The van der Waals surface area contributed by atoms with Crippen LogP contribution in [0.4, 0.5) is 0 Å². The molecule has 0 aliphatic rings. The summed E-state index contributed by atoms with van der Waals surface area (Å²) in [5.74, 6) is 0.290. The van der Waals surface area contributed by atoms with Gasteiger partial charge in [0.05, 0.1) is 32.6 Å². The van der Waals surface area contributed by atoms with Crippen LogP contribution in [0.15, 0.2) is 11.4 Å². The normalized spacial score (nSPS) is 10.7. The number of methoxy groups -OCH3 is 2. The molecule has 0 radical (unpaired) electrons. The van der Waals surface area contributed by atoms with E-state index in [2.05, 4.69) is 20.6 Å². The summed E-state index contributed by atoms with van der Waals surface area (Å²) < 4.78 is 18.7. The fourth-order valence-electron chi connectivity index (χ4n) is 2.31. The summed E-state index contributed by atoms with van der Waals surface area (Å²) in [5, 5.41) is 15.7. The van der Waals surface area contributed by atoms with Gasteiger partial charge in [0.15, 0.2) is 11.0 Å². The molecule has 11 nitrogen and oxygen atoms in total. The van der Waals surface area contributed by atoms with E-state index in [0.29, 0.717) is 35.6 Å². The standard InChI is InChI=1S/C16H24N6O5S/c1-5-27-13(24)8-17-12(23)10-28-16-19-18-14(22(16)6-7-25-3)11-9-21(2)20-15(11)26-4/h9H,5-8,10H2,1-4H3,(H,17,23). The van der Waals surface area contributed by atoms with Gasteiger partial charge in [-0.05, 0) is 6.92 Å². The SMILES string of the molecule is CCOC(=O)CNC(=O)CSc1nnc(-c2cn(C)nc2OC)n1CCOC. The maximum atomic E-state index is 12.0. The Morgan fingerprint density at radius 2 is 2.07 bits per heavy atom. The Kier molecular flexibility index (Phi) is 8.26. The van der Waals surface area contributed by atoms with Gasteiger partial charge in [-0.3, -0.25) is 18.8 Å². The number of thioether (sulfide) groups is 1. The van der Waals surface area contributed by atoms with Gasteiger partial charge in [0.1, 0.15) is 12.1 Å². The first kappa shape index (κ1) is 21.7. The average Bonchev–Trinajstić information content (AvgIpc) is 3.25. The third kappa shape index (κ3) is 5.70. The topological polar surface area (TPSA) is 122 Å². The van der Waals surface area contributed by atoms with Gasteiger partial charge < -0.3 is 19.5 Å². The Morgan fingerprint density at radius 1 is 1.29 bits per heavy atom. The molecule has 28 heavy (non-hydrogen) atoms. The van der Waals surface area contributed by atoms with Crippen molar-refractivity contribution in [3.63, 3.8) is 0 Å². The zero-order chi connectivity index (χ0) is 20.5. The number of carbonyl (C=O) groups excluding carboxylic acids is 2. The highest BCUT2D eigenvalue weighted by atomic mass is 32.2. The fourth-order valence-corrected chi connectivity index (χ4v) is 3.11. The minimum atomic E-state index is -0.477. The first-order valence-corrected chi connectivity index (χ1v) is 9.53. The molecule has 2 aromatic heterocycles. The number of carbonyl (C=O) groups is 2. The molecule has 12 heteroatoms. The molecule has 2 aromatic rings. The summed E-state index contributed by atoms with van der Waals surface area (Å²) in [7, 11) is 4.92. The predicted octanol–water partition coefficient (Wildman–Crippen LogP) is 0.105. The van der Waals surface area contributed by atoms with E-state index in [1.54, 1.807) is 32.0 Å². The lowest BCUT2D eigenvalue weighted by molar-refractivity contribution is -0.143. The van der Waals surface area contributed by atoms with Gasteiger partial charge in [0, 0.05) is 20.4 Å². The van der Waals surface area contributed by atoms with E-state index >= 15 is 0 Å². The number of nitrogens with one attached hydrogen (secondary N) is 1. The molecule has 154 valence electrons. The fraction of sp³-hybridized carbons (Fsp3) is 0.562. The molecule has 2 heterocycles. The molecule has 0 aromatic carbocycles. The number of rotatable bonds is 11. The van der Waals surface area contributed by atoms with Gasteiger partial charge in [-0.1, -0.05) is 11.8 Å². The van der Waals surface area contributed by atoms with Gasteiger partial charge in [-0.15, -0.1) is 15.3 Å². The highest BCUT2D eigenvalue weighted by Gasteiger charge is 2.21. The van der Waals surface area contributed by atoms with Crippen LogP contribution in [0.2, 0.25) is 0 Å². The van der Waals surface area contributed by atoms with Crippen LogP contribution in [0.3, 0.4) is 0 Å². The van der Waals surface area contributed by atoms with Crippen molar-refractivity contribution >= 4 is 23.6 Å². The third-order valence-electron chi connectivity index (χ3n) is 3.53. The Balaban J connectivity index is 2.11. The van der Waals surface area contributed by atoms with Crippen molar-refractivity contribution in [2.75, 3.05) is 39.7 Å². The smallest absolute Gasteiger partial charge is 0.325 e. The lowest BCUT2D eigenvalue weighted by Gasteiger charge is -2.09. The van der Waals surface area contributed by atoms with E-state index in [-0.39, 0.29) is 24.8 Å². The summed E-state index contributed by atoms with van der Waals surface area (Å²) in [6.45, 7) is 2.74. The number of hydrogen-bond acceptors (Lipinski definition) is 9. The van der Waals surface area contributed by atoms with Gasteiger partial charge in [0.2, 0.25) is 11.8 Å². The lowest BCUT2D eigenvalue weighted by atomic mass is 10.3. The molecule has 1 amide bonds. The lowest BCUT2D eigenvalue weighted by Crippen LogP contribution is -2.31. The number of amides is 1. The molecular formula is C16H24N6O5S. The van der Waals surface area contributed by atoms with Crippen molar-refractivity contribution < 1.29 is 23.8 Å². The largest absolute Gasteiger partial charge is 0.479 e. The molecule has 0 unspecified atom stereocenters. The molecule has 0 fully saturated rings. The zero-order valence-electron chi connectivity index (χ0n) is 16.3. The van der Waals surface area contributed by atoms with Crippen molar-refractivity contribution in [2.45, 2.75) is 18.6 Å². The monoisotopic (exact) mass is 412 g/mol. The molecule has 0 spiro atoms. The number of aromatic nitrogens is 5. The Bertz CT molecular complexity index is 806. The molecule has 0 saturated heterocycles.